The number of nitrogens with zero attached hydrogens (tertiary/aromatic N) is 2. The van der Waals surface area contributed by atoms with E-state index in [0.717, 1.165) is 12.8 Å². The first kappa shape index (κ1) is 48.3. The van der Waals surface area contributed by atoms with Crippen LogP contribution in [-0.4, -0.2) is 15.8 Å². The molecule has 0 amide bonds. The molecule has 388 valence electrons. The van der Waals surface area contributed by atoms with Crippen LogP contribution in [0.15, 0.2) is 140 Å². The van der Waals surface area contributed by atoms with Gasteiger partial charge < -0.3 is 9.13 Å². The molecule has 0 saturated carbocycles. The van der Waals surface area contributed by atoms with Crippen LogP contribution < -0.4 is 16.4 Å². The minimum atomic E-state index is -0.564. The van der Waals surface area contributed by atoms with E-state index in [9.17, 15) is 0 Å². The fourth-order valence-electron chi connectivity index (χ4n) is 15.9. The lowest BCUT2D eigenvalue weighted by molar-refractivity contribution is 0.334. The molecule has 5 heterocycles. The fourth-order valence-corrected chi connectivity index (χ4v) is 15.9. The normalized spacial score (nSPS) is 16.9. The van der Waals surface area contributed by atoms with Crippen molar-refractivity contribution in [3.8, 4) is 44.9 Å². The Balaban J connectivity index is 1.22. The number of hydrogen-bond donors (Lipinski definition) is 0. The number of benzene rings is 8. The molecule has 15 rings (SSSR count). The Bertz CT molecular complexity index is 4280. The van der Waals surface area contributed by atoms with Gasteiger partial charge in [0.15, 0.2) is 0 Å². The maximum atomic E-state index is 2.83. The highest BCUT2D eigenvalue weighted by Gasteiger charge is 2.56. The maximum Gasteiger partial charge on any atom is 0.252 e. The zero-order valence-corrected chi connectivity index (χ0v) is 49.2. The van der Waals surface area contributed by atoms with E-state index in [0.29, 0.717) is 0 Å². The lowest BCUT2D eigenvalue weighted by atomic mass is 9.31. The number of aromatic nitrogens is 2. The van der Waals surface area contributed by atoms with Crippen LogP contribution in [0.4, 0.5) is 0 Å². The van der Waals surface area contributed by atoms with Gasteiger partial charge in [0.05, 0.1) is 16.6 Å². The summed E-state index contributed by atoms with van der Waals surface area (Å²) in [4.78, 5) is 0. The summed E-state index contributed by atoms with van der Waals surface area (Å²) < 4.78 is 5.64. The van der Waals surface area contributed by atoms with Crippen LogP contribution in [0, 0.1) is 0 Å². The SMILES string of the molecule is CC(C)(C)c1ccc(-c2c(-c3ccc(C(C)(C)C)cc3)n3c4c(c5c(cc24)C(C)(C)CCC5(C)C)B2c4c-3ccc3c4-n4c5c2cc(C(C)(C)C)cc5c2cc(C(C)(C)C)cc(c24)C32c3ccccc3-c3ccccc32)cc1. The molecular weight excluding hydrogens is 940 g/mol. The van der Waals surface area contributed by atoms with Crippen molar-refractivity contribution in [1.82, 2.24) is 9.13 Å². The van der Waals surface area contributed by atoms with Crippen molar-refractivity contribution in [1.29, 1.82) is 0 Å². The molecule has 0 bridgehead atoms. The molecule has 2 nitrogen and oxygen atoms in total. The van der Waals surface area contributed by atoms with E-state index in [4.69, 9.17) is 0 Å². The molecule has 0 atom stereocenters. The average molecular weight is 1020 g/mol. The highest BCUT2D eigenvalue weighted by Crippen LogP contribution is 2.63. The van der Waals surface area contributed by atoms with Gasteiger partial charge >= 0.3 is 0 Å². The highest BCUT2D eigenvalue weighted by atomic mass is 15.1. The van der Waals surface area contributed by atoms with Gasteiger partial charge in [-0.2, -0.15) is 0 Å². The minimum absolute atomic E-state index is 0.0195. The van der Waals surface area contributed by atoms with E-state index >= 15 is 0 Å². The number of fused-ring (bicyclic) bond motifs is 13. The summed E-state index contributed by atoms with van der Waals surface area (Å²) in [5, 5.41) is 4.14. The van der Waals surface area contributed by atoms with Gasteiger partial charge in [0.2, 0.25) is 0 Å². The lowest BCUT2D eigenvalue weighted by Gasteiger charge is -2.47. The van der Waals surface area contributed by atoms with Crippen molar-refractivity contribution in [2.75, 3.05) is 0 Å². The molecule has 0 radical (unpaired) electrons. The van der Waals surface area contributed by atoms with Crippen LogP contribution in [0.1, 0.15) is 179 Å². The van der Waals surface area contributed by atoms with E-state index in [1.54, 1.807) is 5.56 Å². The Morgan fingerprint density at radius 2 is 0.936 bits per heavy atom. The van der Waals surface area contributed by atoms with Gasteiger partial charge in [-0.3, -0.25) is 0 Å². The third-order valence-corrected chi connectivity index (χ3v) is 20.2. The Hall–Kier alpha value is -6.84. The summed E-state index contributed by atoms with van der Waals surface area (Å²) in [5.74, 6) is 0. The first-order chi connectivity index (χ1) is 36.7. The van der Waals surface area contributed by atoms with Gasteiger partial charge in [-0.25, -0.2) is 0 Å². The average Bonchev–Trinajstić information content (AvgIpc) is 3.29. The molecule has 3 aliphatic heterocycles. The van der Waals surface area contributed by atoms with Crippen molar-refractivity contribution >= 4 is 55.8 Å². The number of rotatable bonds is 2. The molecule has 8 aromatic carbocycles. The first-order valence-corrected chi connectivity index (χ1v) is 29.3. The molecule has 0 unspecified atom stereocenters. The quantitative estimate of drug-likeness (QED) is 0.153. The third-order valence-electron chi connectivity index (χ3n) is 20.2. The molecule has 2 aliphatic carbocycles. The summed E-state index contributed by atoms with van der Waals surface area (Å²) in [6, 6.07) is 56.7. The molecule has 0 saturated heterocycles. The largest absolute Gasteiger partial charge is 0.310 e. The van der Waals surface area contributed by atoms with Gasteiger partial charge in [-0.1, -0.05) is 226 Å². The van der Waals surface area contributed by atoms with Crippen LogP contribution >= 0.6 is 0 Å². The van der Waals surface area contributed by atoms with Crippen molar-refractivity contribution in [2.24, 2.45) is 0 Å². The summed E-state index contributed by atoms with van der Waals surface area (Å²) >= 11 is 0. The lowest BCUT2D eigenvalue weighted by Crippen LogP contribution is -2.63. The Kier molecular flexibility index (Phi) is 9.22. The van der Waals surface area contributed by atoms with Gasteiger partial charge in [0.25, 0.3) is 6.71 Å². The second-order valence-corrected chi connectivity index (χ2v) is 30.0. The van der Waals surface area contributed by atoms with Crippen LogP contribution in [0.2, 0.25) is 0 Å². The van der Waals surface area contributed by atoms with Crippen molar-refractivity contribution in [3.05, 3.63) is 195 Å². The van der Waals surface area contributed by atoms with Crippen LogP contribution in [-0.2, 0) is 37.9 Å². The smallest absolute Gasteiger partial charge is 0.252 e. The van der Waals surface area contributed by atoms with Crippen LogP contribution in [0.25, 0.3) is 77.6 Å². The standard InChI is InChI=1S/C75H75BN2/c1-69(2,3)44-29-25-42(26-30-44)60-52-41-56-61(74(15,16)36-35-73(56,13)14)63-67(52)77(64(60)43-27-31-45(32-28-43)70(4,5)6)59-34-33-55-68-62(59)76(63)58-40-47(72(10,11)12)38-51-50-37-46(71(7,8)9)39-57(65(50)78(68)66(51)58)75(55)53-23-19-17-21-48(53)49-22-18-20-24-54(49)75/h17-34,37-41H,35-36H2,1-16H3. The van der Waals surface area contributed by atoms with Gasteiger partial charge in [0, 0.05) is 44.1 Å². The molecular formula is C75H75BN2. The second-order valence-electron chi connectivity index (χ2n) is 30.0. The van der Waals surface area contributed by atoms with E-state index in [1.165, 1.54) is 144 Å². The van der Waals surface area contributed by atoms with E-state index in [1.807, 2.05) is 0 Å². The zero-order valence-electron chi connectivity index (χ0n) is 49.2. The molecule has 5 aliphatic rings. The molecule has 0 N–H and O–H groups in total. The summed E-state index contributed by atoms with van der Waals surface area (Å²) in [6.45, 7) is 38.8. The molecule has 10 aromatic rings. The zero-order chi connectivity index (χ0) is 54.5. The van der Waals surface area contributed by atoms with Gasteiger partial charge in [0.1, 0.15) is 0 Å². The topological polar surface area (TPSA) is 9.86 Å². The van der Waals surface area contributed by atoms with E-state index in [-0.39, 0.29) is 39.2 Å². The molecule has 2 aromatic heterocycles. The van der Waals surface area contributed by atoms with E-state index < -0.39 is 5.41 Å². The van der Waals surface area contributed by atoms with Crippen LogP contribution in [0.5, 0.6) is 0 Å². The predicted octanol–water partition coefficient (Wildman–Crippen LogP) is 17.4. The third kappa shape index (κ3) is 6.01. The minimum Gasteiger partial charge on any atom is -0.310 e. The Morgan fingerprint density at radius 1 is 0.410 bits per heavy atom. The molecule has 3 heteroatoms. The Morgan fingerprint density at radius 3 is 1.51 bits per heavy atom. The summed E-state index contributed by atoms with van der Waals surface area (Å²) in [7, 11) is 0. The van der Waals surface area contributed by atoms with Crippen molar-refractivity contribution < 1.29 is 0 Å². The summed E-state index contributed by atoms with van der Waals surface area (Å²) in [5.41, 5.74) is 32.5. The summed E-state index contributed by atoms with van der Waals surface area (Å²) in [6.07, 6.45) is 2.28. The predicted molar refractivity (Wildman–Crippen MR) is 334 cm³/mol. The molecule has 0 fully saturated rings. The number of hydrogen-bond acceptors (Lipinski definition) is 0. The van der Waals surface area contributed by atoms with Crippen molar-refractivity contribution in [3.63, 3.8) is 0 Å². The first-order valence-electron chi connectivity index (χ1n) is 29.3. The van der Waals surface area contributed by atoms with Gasteiger partial charge in [-0.05, 0) is 164 Å². The Labute approximate surface area is 464 Å². The second kappa shape index (κ2) is 14.9. The van der Waals surface area contributed by atoms with Gasteiger partial charge in [-0.15, -0.1) is 0 Å². The molecule has 1 spiro atoms. The molecule has 78 heavy (non-hydrogen) atoms. The van der Waals surface area contributed by atoms with E-state index in [2.05, 4.69) is 259 Å². The maximum absolute atomic E-state index is 2.83. The van der Waals surface area contributed by atoms with Crippen molar-refractivity contribution in [2.45, 2.75) is 162 Å². The van der Waals surface area contributed by atoms with Crippen LogP contribution in [0.3, 0.4) is 0 Å². The highest BCUT2D eigenvalue weighted by molar-refractivity contribution is 7.00. The monoisotopic (exact) mass is 1010 g/mol. The fraction of sp³-hybridized carbons (Fsp3) is 0.333.